The van der Waals surface area contributed by atoms with Crippen LogP contribution < -0.4 is 5.73 Å². The van der Waals surface area contributed by atoms with E-state index in [9.17, 15) is 9.18 Å². The van der Waals surface area contributed by atoms with Crippen molar-refractivity contribution in [3.63, 3.8) is 0 Å². The number of hydrogen-bond acceptors (Lipinski definition) is 3. The number of carbonyl (C=O) groups excluding carboxylic acids is 1. The molecule has 1 aromatic carbocycles. The van der Waals surface area contributed by atoms with E-state index in [4.69, 9.17) is 5.73 Å². The fourth-order valence-corrected chi connectivity index (χ4v) is 2.90. The Morgan fingerprint density at radius 2 is 1.89 bits per heavy atom. The summed E-state index contributed by atoms with van der Waals surface area (Å²) in [5, 5.41) is 7.08. The lowest BCUT2D eigenvalue weighted by atomic mass is 10.0. The number of fused-ring (bicyclic) bond motifs is 1. The van der Waals surface area contributed by atoms with Crippen molar-refractivity contribution in [3.05, 3.63) is 66.5 Å². The third-order valence-corrected chi connectivity index (χ3v) is 4.13. The molecular formula is C19H15FN6O. The number of benzene rings is 1. The van der Waals surface area contributed by atoms with Crippen LogP contribution in [0.15, 0.2) is 60.0 Å². The van der Waals surface area contributed by atoms with Gasteiger partial charge in [0.25, 0.3) is 0 Å². The Morgan fingerprint density at radius 3 is 2.63 bits per heavy atom. The first kappa shape index (κ1) is 16.6. The third kappa shape index (κ3) is 3.08. The summed E-state index contributed by atoms with van der Waals surface area (Å²) < 4.78 is 15.0. The van der Waals surface area contributed by atoms with Gasteiger partial charge in [-0.05, 0) is 36.4 Å². The lowest BCUT2D eigenvalue weighted by Crippen LogP contribution is -2.17. The second kappa shape index (κ2) is 6.49. The van der Waals surface area contributed by atoms with Gasteiger partial charge in [0, 0.05) is 29.8 Å². The maximum Gasteiger partial charge on any atom is 0.244 e. The molecule has 7 nitrogen and oxygen atoms in total. The first-order chi connectivity index (χ1) is 13.0. The van der Waals surface area contributed by atoms with Crippen LogP contribution in [0.5, 0.6) is 0 Å². The standard InChI is InChI=1S/C19H15FN6O/c1-11(27)24-19(21)16-9-22-17-7-4-13(10-26(16)17)15-8-23-25-18(15)12-2-5-14(20)6-3-12/h2-10H,1H3,(H,23,25)(H2,21,24,27). The van der Waals surface area contributed by atoms with Crippen molar-refractivity contribution in [2.45, 2.75) is 6.92 Å². The number of aromatic amines is 1. The summed E-state index contributed by atoms with van der Waals surface area (Å²) in [4.78, 5) is 19.3. The molecule has 0 saturated carbocycles. The Labute approximate surface area is 153 Å². The van der Waals surface area contributed by atoms with E-state index in [0.29, 0.717) is 11.3 Å². The predicted octanol–water partition coefficient (Wildman–Crippen LogP) is 2.78. The molecule has 0 aliphatic heterocycles. The number of nitrogens with one attached hydrogen (secondary N) is 1. The SMILES string of the molecule is CC(=O)N=C(N)c1cnc2ccc(-c3cn[nH]c3-c3ccc(F)cc3)cn12. The van der Waals surface area contributed by atoms with E-state index in [-0.39, 0.29) is 17.6 Å². The summed E-state index contributed by atoms with van der Waals surface area (Å²) in [5.74, 6) is -0.588. The maximum absolute atomic E-state index is 13.2. The molecule has 0 radical (unpaired) electrons. The molecule has 0 fully saturated rings. The van der Waals surface area contributed by atoms with E-state index >= 15 is 0 Å². The number of nitrogens with zero attached hydrogens (tertiary/aromatic N) is 4. The Balaban J connectivity index is 1.83. The molecule has 0 saturated heterocycles. The first-order valence-corrected chi connectivity index (χ1v) is 8.15. The number of rotatable bonds is 3. The normalized spacial score (nSPS) is 11.9. The molecule has 0 spiro atoms. The number of halogens is 1. The predicted molar refractivity (Wildman–Crippen MR) is 99.6 cm³/mol. The fraction of sp³-hybridized carbons (Fsp3) is 0.0526. The minimum absolute atomic E-state index is 0.0955. The minimum atomic E-state index is -0.382. The first-order valence-electron chi connectivity index (χ1n) is 8.15. The van der Waals surface area contributed by atoms with Gasteiger partial charge in [0.05, 0.1) is 18.1 Å². The van der Waals surface area contributed by atoms with E-state index in [1.165, 1.54) is 19.1 Å². The average molecular weight is 362 g/mol. The summed E-state index contributed by atoms with van der Waals surface area (Å²) in [6.07, 6.45) is 5.11. The quantitative estimate of drug-likeness (QED) is 0.432. The highest BCUT2D eigenvalue weighted by atomic mass is 19.1. The van der Waals surface area contributed by atoms with Crippen molar-refractivity contribution < 1.29 is 9.18 Å². The Hall–Kier alpha value is -3.81. The van der Waals surface area contributed by atoms with Crippen LogP contribution in [-0.4, -0.2) is 31.3 Å². The molecule has 0 atom stereocenters. The molecule has 134 valence electrons. The molecule has 1 amide bonds. The van der Waals surface area contributed by atoms with Crippen LogP contribution in [0.4, 0.5) is 4.39 Å². The second-order valence-electron chi connectivity index (χ2n) is 5.97. The topological polar surface area (TPSA) is 101 Å². The van der Waals surface area contributed by atoms with Gasteiger partial charge >= 0.3 is 0 Å². The van der Waals surface area contributed by atoms with Gasteiger partial charge in [-0.15, -0.1) is 0 Å². The van der Waals surface area contributed by atoms with Gasteiger partial charge in [0.2, 0.25) is 5.91 Å². The molecule has 0 aliphatic rings. The molecule has 0 unspecified atom stereocenters. The molecule has 3 N–H and O–H groups in total. The van der Waals surface area contributed by atoms with Gasteiger partial charge in [-0.1, -0.05) is 0 Å². The number of H-pyrrole nitrogens is 1. The van der Waals surface area contributed by atoms with Crippen LogP contribution in [0.1, 0.15) is 12.6 Å². The van der Waals surface area contributed by atoms with Gasteiger partial charge in [-0.25, -0.2) is 9.37 Å². The van der Waals surface area contributed by atoms with Crippen molar-refractivity contribution in [1.82, 2.24) is 19.6 Å². The highest BCUT2D eigenvalue weighted by Gasteiger charge is 2.13. The molecule has 0 aliphatic carbocycles. The summed E-state index contributed by atoms with van der Waals surface area (Å²) in [6, 6.07) is 9.91. The zero-order valence-electron chi connectivity index (χ0n) is 14.3. The van der Waals surface area contributed by atoms with Crippen LogP contribution >= 0.6 is 0 Å². The second-order valence-corrected chi connectivity index (χ2v) is 5.97. The van der Waals surface area contributed by atoms with Gasteiger partial charge in [-0.2, -0.15) is 10.1 Å². The molecule has 3 aromatic heterocycles. The number of imidazole rings is 1. The van der Waals surface area contributed by atoms with Gasteiger partial charge in [0.1, 0.15) is 17.2 Å². The number of aromatic nitrogens is 4. The van der Waals surface area contributed by atoms with Gasteiger partial charge in [0.15, 0.2) is 5.84 Å². The third-order valence-electron chi connectivity index (χ3n) is 4.13. The zero-order chi connectivity index (χ0) is 19.0. The number of carbonyl (C=O) groups is 1. The van der Waals surface area contributed by atoms with Crippen LogP contribution in [-0.2, 0) is 4.79 Å². The number of pyridine rings is 1. The van der Waals surface area contributed by atoms with Crippen LogP contribution in [0.3, 0.4) is 0 Å². The molecule has 4 aromatic rings. The smallest absolute Gasteiger partial charge is 0.244 e. The van der Waals surface area contributed by atoms with Crippen molar-refractivity contribution in [2.24, 2.45) is 10.7 Å². The summed E-state index contributed by atoms with van der Waals surface area (Å²) in [5.41, 5.74) is 10.4. The zero-order valence-corrected chi connectivity index (χ0v) is 14.3. The van der Waals surface area contributed by atoms with Crippen molar-refractivity contribution in [1.29, 1.82) is 0 Å². The van der Waals surface area contributed by atoms with Crippen LogP contribution in [0.25, 0.3) is 28.0 Å². The molecular weight excluding hydrogens is 347 g/mol. The van der Waals surface area contributed by atoms with Crippen molar-refractivity contribution in [3.8, 4) is 22.4 Å². The van der Waals surface area contributed by atoms with E-state index in [1.807, 2.05) is 18.3 Å². The average Bonchev–Trinajstić information content (AvgIpc) is 3.28. The summed E-state index contributed by atoms with van der Waals surface area (Å²) >= 11 is 0. The lowest BCUT2D eigenvalue weighted by Gasteiger charge is -2.06. The maximum atomic E-state index is 13.2. The van der Waals surface area contributed by atoms with E-state index in [1.54, 1.807) is 28.9 Å². The summed E-state index contributed by atoms with van der Waals surface area (Å²) in [7, 11) is 0. The fourth-order valence-electron chi connectivity index (χ4n) is 2.90. The van der Waals surface area contributed by atoms with Crippen molar-refractivity contribution in [2.75, 3.05) is 0 Å². The minimum Gasteiger partial charge on any atom is -0.382 e. The molecule has 4 rings (SSSR count). The number of aliphatic imine (C=N–C) groups is 1. The van der Waals surface area contributed by atoms with E-state index in [2.05, 4.69) is 20.2 Å². The number of nitrogens with two attached hydrogens (primary N) is 1. The Kier molecular flexibility index (Phi) is 4.00. The lowest BCUT2D eigenvalue weighted by molar-refractivity contribution is -0.115. The van der Waals surface area contributed by atoms with Crippen LogP contribution in [0.2, 0.25) is 0 Å². The van der Waals surface area contributed by atoms with Crippen LogP contribution in [0, 0.1) is 5.82 Å². The number of amides is 1. The largest absolute Gasteiger partial charge is 0.382 e. The molecule has 3 heterocycles. The van der Waals surface area contributed by atoms with E-state index < -0.39 is 0 Å². The molecule has 0 bridgehead atoms. The Morgan fingerprint density at radius 1 is 1.15 bits per heavy atom. The molecule has 8 heteroatoms. The van der Waals surface area contributed by atoms with Gasteiger partial charge < -0.3 is 5.73 Å². The monoisotopic (exact) mass is 362 g/mol. The number of amidine groups is 1. The number of hydrogen-bond donors (Lipinski definition) is 2. The highest BCUT2D eigenvalue weighted by Crippen LogP contribution is 2.30. The molecule has 27 heavy (non-hydrogen) atoms. The Bertz CT molecular complexity index is 1170. The van der Waals surface area contributed by atoms with E-state index in [0.717, 1.165) is 22.4 Å². The highest BCUT2D eigenvalue weighted by molar-refractivity contribution is 6.03. The summed E-state index contributed by atoms with van der Waals surface area (Å²) in [6.45, 7) is 1.34. The van der Waals surface area contributed by atoms with Gasteiger partial charge in [-0.3, -0.25) is 14.3 Å². The van der Waals surface area contributed by atoms with Crippen molar-refractivity contribution >= 4 is 17.4 Å².